The number of hydrogen-bond donors (Lipinski definition) is 2. The molecule has 1 fully saturated rings. The third-order valence-electron chi connectivity index (χ3n) is 3.80. The molecule has 0 spiro atoms. The summed E-state index contributed by atoms with van der Waals surface area (Å²) in [5.74, 6) is -0.992. The number of hydrogen-bond acceptors (Lipinski definition) is 3. The van der Waals surface area contributed by atoms with E-state index >= 15 is 0 Å². The van der Waals surface area contributed by atoms with Crippen LogP contribution in [-0.2, 0) is 9.59 Å². The van der Waals surface area contributed by atoms with Crippen LogP contribution in [0.25, 0.3) is 0 Å². The summed E-state index contributed by atoms with van der Waals surface area (Å²) in [7, 11) is 0. The minimum atomic E-state index is -0.833. The van der Waals surface area contributed by atoms with Crippen LogP contribution in [0.3, 0.4) is 0 Å². The molecule has 1 heterocycles. The van der Waals surface area contributed by atoms with Crippen LogP contribution in [0.1, 0.15) is 31.2 Å². The van der Waals surface area contributed by atoms with E-state index in [1.165, 1.54) is 0 Å². The van der Waals surface area contributed by atoms with Gasteiger partial charge in [0, 0.05) is 5.69 Å². The van der Waals surface area contributed by atoms with Crippen LogP contribution >= 0.6 is 0 Å². The predicted octanol–water partition coefficient (Wildman–Crippen LogP) is 2.26. The van der Waals surface area contributed by atoms with E-state index in [1.807, 2.05) is 31.2 Å². The van der Waals surface area contributed by atoms with Crippen LogP contribution in [0.4, 0.5) is 5.69 Å². The Bertz CT molecular complexity index is 516. The number of aryl methyl sites for hydroxylation is 1. The fourth-order valence-electron chi connectivity index (χ4n) is 2.74. The summed E-state index contributed by atoms with van der Waals surface area (Å²) in [5, 5.41) is 12.1. The van der Waals surface area contributed by atoms with Gasteiger partial charge in [-0.3, -0.25) is 14.5 Å². The fraction of sp³-hybridized carbons (Fsp3) is 0.500. The Morgan fingerprint density at radius 3 is 2.86 bits per heavy atom. The van der Waals surface area contributed by atoms with Gasteiger partial charge in [-0.1, -0.05) is 25.0 Å². The van der Waals surface area contributed by atoms with Crippen molar-refractivity contribution in [3.05, 3.63) is 29.8 Å². The number of carbonyl (C=O) groups is 2. The van der Waals surface area contributed by atoms with Crippen molar-refractivity contribution in [2.45, 2.75) is 38.6 Å². The molecular formula is C16H22N2O3. The first-order chi connectivity index (χ1) is 10.1. The third kappa shape index (κ3) is 4.56. The number of anilines is 1. The monoisotopic (exact) mass is 290 g/mol. The van der Waals surface area contributed by atoms with Gasteiger partial charge in [-0.25, -0.2) is 0 Å². The van der Waals surface area contributed by atoms with Gasteiger partial charge in [0.2, 0.25) is 5.91 Å². The molecule has 21 heavy (non-hydrogen) atoms. The number of carboxylic acid groups (broad SMARTS) is 1. The van der Waals surface area contributed by atoms with Crippen molar-refractivity contribution in [1.29, 1.82) is 0 Å². The van der Waals surface area contributed by atoms with Crippen LogP contribution < -0.4 is 5.32 Å². The zero-order valence-corrected chi connectivity index (χ0v) is 12.3. The molecule has 0 bridgehead atoms. The second kappa shape index (κ2) is 7.22. The van der Waals surface area contributed by atoms with Crippen LogP contribution in [-0.4, -0.2) is 41.0 Å². The molecule has 5 heteroatoms. The lowest BCUT2D eigenvalue weighted by Gasteiger charge is -2.25. The highest BCUT2D eigenvalue weighted by Gasteiger charge is 2.28. The van der Waals surface area contributed by atoms with Crippen molar-refractivity contribution in [3.63, 3.8) is 0 Å². The lowest BCUT2D eigenvalue weighted by atomic mass is 10.1. The van der Waals surface area contributed by atoms with Crippen molar-refractivity contribution in [1.82, 2.24) is 4.90 Å². The predicted molar refractivity (Wildman–Crippen MR) is 81.3 cm³/mol. The van der Waals surface area contributed by atoms with Gasteiger partial charge < -0.3 is 10.4 Å². The minimum Gasteiger partial charge on any atom is -0.480 e. The smallest absolute Gasteiger partial charge is 0.320 e. The number of aliphatic carboxylic acids is 1. The topological polar surface area (TPSA) is 69.6 Å². The summed E-state index contributed by atoms with van der Waals surface area (Å²) in [6.07, 6.45) is 3.50. The van der Waals surface area contributed by atoms with E-state index in [1.54, 1.807) is 4.90 Å². The molecule has 1 atom stereocenters. The molecule has 1 aromatic rings. The van der Waals surface area contributed by atoms with E-state index in [9.17, 15) is 14.7 Å². The zero-order valence-electron chi connectivity index (χ0n) is 12.3. The maximum atomic E-state index is 12.1. The summed E-state index contributed by atoms with van der Waals surface area (Å²) < 4.78 is 0. The number of rotatable bonds is 4. The van der Waals surface area contributed by atoms with Gasteiger partial charge in [0.25, 0.3) is 0 Å². The number of nitrogens with one attached hydrogen (secondary N) is 1. The normalized spacial score (nSPS) is 19.8. The molecule has 1 amide bonds. The van der Waals surface area contributed by atoms with Crippen LogP contribution in [0, 0.1) is 6.92 Å². The summed E-state index contributed by atoms with van der Waals surface area (Å²) in [6.45, 7) is 2.76. The zero-order chi connectivity index (χ0) is 15.2. The number of carbonyl (C=O) groups excluding carboxylic acids is 1. The lowest BCUT2D eigenvalue weighted by Crippen LogP contribution is -2.44. The highest BCUT2D eigenvalue weighted by Crippen LogP contribution is 2.17. The summed E-state index contributed by atoms with van der Waals surface area (Å²) >= 11 is 0. The standard InChI is InChI=1S/C16H22N2O3/c1-12-6-5-7-13(10-12)17-15(19)11-18-9-4-2-3-8-14(18)16(20)21/h5-7,10,14H,2-4,8-9,11H2,1H3,(H,17,19)(H,20,21). The third-order valence-corrected chi connectivity index (χ3v) is 3.80. The molecule has 0 radical (unpaired) electrons. The average Bonchev–Trinajstić information content (AvgIpc) is 2.64. The molecule has 0 saturated carbocycles. The Balaban J connectivity index is 1.97. The first-order valence-electron chi connectivity index (χ1n) is 7.39. The van der Waals surface area contributed by atoms with Crippen molar-refractivity contribution in [2.75, 3.05) is 18.4 Å². The van der Waals surface area contributed by atoms with E-state index in [0.717, 1.165) is 30.5 Å². The molecular weight excluding hydrogens is 268 g/mol. The van der Waals surface area contributed by atoms with E-state index in [2.05, 4.69) is 5.32 Å². The molecule has 1 aliphatic heterocycles. The number of benzene rings is 1. The second-order valence-corrected chi connectivity index (χ2v) is 5.59. The maximum absolute atomic E-state index is 12.1. The number of amides is 1. The quantitative estimate of drug-likeness (QED) is 0.892. The Kier molecular flexibility index (Phi) is 5.33. The minimum absolute atomic E-state index is 0.130. The molecule has 1 saturated heterocycles. The van der Waals surface area contributed by atoms with Gasteiger partial charge in [-0.15, -0.1) is 0 Å². The van der Waals surface area contributed by atoms with E-state index < -0.39 is 12.0 Å². The average molecular weight is 290 g/mol. The van der Waals surface area contributed by atoms with Crippen molar-refractivity contribution >= 4 is 17.6 Å². The van der Waals surface area contributed by atoms with Gasteiger partial charge in [0.15, 0.2) is 0 Å². The van der Waals surface area contributed by atoms with Crippen LogP contribution in [0.5, 0.6) is 0 Å². The first-order valence-corrected chi connectivity index (χ1v) is 7.39. The second-order valence-electron chi connectivity index (χ2n) is 5.59. The summed E-state index contributed by atoms with van der Waals surface area (Å²) in [4.78, 5) is 25.2. The number of likely N-dealkylation sites (tertiary alicyclic amines) is 1. The molecule has 0 aliphatic carbocycles. The van der Waals surface area contributed by atoms with Crippen molar-refractivity contribution < 1.29 is 14.7 Å². The molecule has 1 aliphatic rings. The Hall–Kier alpha value is -1.88. The van der Waals surface area contributed by atoms with Crippen molar-refractivity contribution in [2.24, 2.45) is 0 Å². The van der Waals surface area contributed by atoms with Gasteiger partial charge >= 0.3 is 5.97 Å². The molecule has 114 valence electrons. The lowest BCUT2D eigenvalue weighted by molar-refractivity contribution is -0.143. The molecule has 5 nitrogen and oxygen atoms in total. The number of carboxylic acids is 1. The molecule has 1 unspecified atom stereocenters. The van der Waals surface area contributed by atoms with Gasteiger partial charge in [-0.2, -0.15) is 0 Å². The van der Waals surface area contributed by atoms with Crippen LogP contribution in [0.2, 0.25) is 0 Å². The number of nitrogens with zero attached hydrogens (tertiary/aromatic N) is 1. The first kappa shape index (κ1) is 15.5. The SMILES string of the molecule is Cc1cccc(NC(=O)CN2CCCCCC2C(=O)O)c1. The molecule has 0 aromatic heterocycles. The summed E-state index contributed by atoms with van der Waals surface area (Å²) in [6, 6.07) is 7.04. The Labute approximate surface area is 125 Å². The largest absolute Gasteiger partial charge is 0.480 e. The van der Waals surface area contributed by atoms with E-state index in [4.69, 9.17) is 0 Å². The van der Waals surface area contributed by atoms with E-state index in [-0.39, 0.29) is 12.5 Å². The van der Waals surface area contributed by atoms with Gasteiger partial charge in [0.1, 0.15) is 6.04 Å². The Morgan fingerprint density at radius 1 is 1.33 bits per heavy atom. The van der Waals surface area contributed by atoms with Crippen molar-refractivity contribution in [3.8, 4) is 0 Å². The highest BCUT2D eigenvalue weighted by atomic mass is 16.4. The fourth-order valence-corrected chi connectivity index (χ4v) is 2.74. The highest BCUT2D eigenvalue weighted by molar-refractivity contribution is 5.92. The van der Waals surface area contributed by atoms with E-state index in [0.29, 0.717) is 13.0 Å². The molecule has 1 aromatic carbocycles. The van der Waals surface area contributed by atoms with Crippen LogP contribution in [0.15, 0.2) is 24.3 Å². The maximum Gasteiger partial charge on any atom is 0.320 e. The Morgan fingerprint density at radius 2 is 2.14 bits per heavy atom. The van der Waals surface area contributed by atoms with Gasteiger partial charge in [0.05, 0.1) is 6.54 Å². The summed E-state index contributed by atoms with van der Waals surface area (Å²) in [5.41, 5.74) is 1.83. The van der Waals surface area contributed by atoms with Gasteiger partial charge in [-0.05, 0) is 44.0 Å². The molecule has 2 rings (SSSR count). The molecule has 2 N–H and O–H groups in total.